The Labute approximate surface area is 130 Å². The molecule has 0 fully saturated rings. The van der Waals surface area contributed by atoms with Crippen molar-refractivity contribution in [3.8, 4) is 0 Å². The van der Waals surface area contributed by atoms with Crippen molar-refractivity contribution in [3.63, 3.8) is 0 Å². The first-order valence-electron chi connectivity index (χ1n) is 7.79. The van der Waals surface area contributed by atoms with E-state index in [1.54, 1.807) is 0 Å². The summed E-state index contributed by atoms with van der Waals surface area (Å²) in [5, 5.41) is 3.25. The zero-order valence-corrected chi connectivity index (χ0v) is 13.2. The number of nitrogens with zero attached hydrogens (tertiary/aromatic N) is 3. The molecule has 0 atom stereocenters. The molecule has 116 valence electrons. The zero-order chi connectivity index (χ0) is 15.3. The van der Waals surface area contributed by atoms with Gasteiger partial charge in [0.05, 0.1) is 5.69 Å². The standard InChI is InChI=1S/C15H28BN5/c1-2-10-20(14-15-5-3-4-7-19-15)12-13-21(16)11-9-18-8-6-17/h3-5,7,18H,2,6,8-14,17H2,1H3. The van der Waals surface area contributed by atoms with E-state index in [-0.39, 0.29) is 0 Å². The Bertz CT molecular complexity index is 349. The van der Waals surface area contributed by atoms with Crippen molar-refractivity contribution in [2.45, 2.75) is 19.9 Å². The third kappa shape index (κ3) is 8.83. The first-order chi connectivity index (χ1) is 10.3. The lowest BCUT2D eigenvalue weighted by Crippen LogP contribution is -2.38. The summed E-state index contributed by atoms with van der Waals surface area (Å²) >= 11 is 0. The SMILES string of the molecule is [B]N(CCNCCN)CCN(CCC)Cc1ccccn1. The fourth-order valence-electron chi connectivity index (χ4n) is 2.14. The number of nitrogens with one attached hydrogen (secondary N) is 1. The second-order valence-corrected chi connectivity index (χ2v) is 5.17. The second-order valence-electron chi connectivity index (χ2n) is 5.17. The second kappa shape index (κ2) is 11.7. The van der Waals surface area contributed by atoms with Gasteiger partial charge in [-0.3, -0.25) is 9.88 Å². The van der Waals surface area contributed by atoms with Crippen molar-refractivity contribution < 1.29 is 0 Å². The van der Waals surface area contributed by atoms with Gasteiger partial charge in [0.15, 0.2) is 7.98 Å². The summed E-state index contributed by atoms with van der Waals surface area (Å²) in [5.74, 6) is 0. The van der Waals surface area contributed by atoms with Gasteiger partial charge in [-0.2, -0.15) is 0 Å². The minimum atomic E-state index is 0.666. The fourth-order valence-corrected chi connectivity index (χ4v) is 2.14. The lowest BCUT2D eigenvalue weighted by molar-refractivity contribution is 0.241. The van der Waals surface area contributed by atoms with E-state index in [9.17, 15) is 0 Å². The number of hydrogen-bond donors (Lipinski definition) is 2. The van der Waals surface area contributed by atoms with E-state index in [2.05, 4.69) is 28.2 Å². The molecule has 1 aromatic heterocycles. The van der Waals surface area contributed by atoms with Gasteiger partial charge in [0.2, 0.25) is 0 Å². The monoisotopic (exact) mass is 289 g/mol. The van der Waals surface area contributed by atoms with Crippen LogP contribution in [0.1, 0.15) is 19.0 Å². The third-order valence-electron chi connectivity index (χ3n) is 3.25. The summed E-state index contributed by atoms with van der Waals surface area (Å²) in [6.07, 6.45) is 2.98. The van der Waals surface area contributed by atoms with Gasteiger partial charge in [-0.25, -0.2) is 0 Å². The maximum Gasteiger partial charge on any atom is 0.182 e. The fraction of sp³-hybridized carbons (Fsp3) is 0.667. The average molecular weight is 289 g/mol. The highest BCUT2D eigenvalue weighted by Crippen LogP contribution is 2.02. The highest BCUT2D eigenvalue weighted by atomic mass is 15.2. The molecule has 0 bridgehead atoms. The van der Waals surface area contributed by atoms with Crippen molar-refractivity contribution in [2.24, 2.45) is 5.73 Å². The lowest BCUT2D eigenvalue weighted by Gasteiger charge is -2.25. The normalized spacial score (nSPS) is 11.4. The number of hydrogen-bond acceptors (Lipinski definition) is 5. The van der Waals surface area contributed by atoms with Crippen LogP contribution < -0.4 is 11.1 Å². The molecule has 3 N–H and O–H groups in total. The van der Waals surface area contributed by atoms with Crippen LogP contribution in [0.4, 0.5) is 0 Å². The van der Waals surface area contributed by atoms with Crippen LogP contribution in [0.15, 0.2) is 24.4 Å². The molecule has 6 heteroatoms. The summed E-state index contributed by atoms with van der Waals surface area (Å²) in [4.78, 5) is 8.65. The van der Waals surface area contributed by atoms with E-state index in [4.69, 9.17) is 13.7 Å². The largest absolute Gasteiger partial charge is 0.351 e. The van der Waals surface area contributed by atoms with Crippen LogP contribution in [0, 0.1) is 0 Å². The first-order valence-corrected chi connectivity index (χ1v) is 7.79. The van der Waals surface area contributed by atoms with Gasteiger partial charge >= 0.3 is 0 Å². The van der Waals surface area contributed by atoms with Gasteiger partial charge in [-0.1, -0.05) is 13.0 Å². The molecule has 0 aliphatic rings. The molecule has 2 radical (unpaired) electrons. The summed E-state index contributed by atoms with van der Waals surface area (Å²) in [7, 11) is 6.01. The third-order valence-corrected chi connectivity index (χ3v) is 3.25. The Balaban J connectivity index is 2.27. The van der Waals surface area contributed by atoms with Crippen molar-refractivity contribution in [1.82, 2.24) is 20.0 Å². The smallest absolute Gasteiger partial charge is 0.182 e. The zero-order valence-electron chi connectivity index (χ0n) is 13.2. The maximum atomic E-state index is 6.01. The molecule has 0 aromatic carbocycles. The van der Waals surface area contributed by atoms with Crippen molar-refractivity contribution in [2.75, 3.05) is 45.8 Å². The van der Waals surface area contributed by atoms with Crippen LogP contribution in [0.25, 0.3) is 0 Å². The van der Waals surface area contributed by atoms with Crippen molar-refractivity contribution >= 4 is 7.98 Å². The first kappa shape index (κ1) is 18.1. The van der Waals surface area contributed by atoms with Gasteiger partial charge in [-0.05, 0) is 38.2 Å². The van der Waals surface area contributed by atoms with Crippen LogP contribution >= 0.6 is 0 Å². The predicted molar refractivity (Wildman–Crippen MR) is 89.1 cm³/mol. The maximum absolute atomic E-state index is 6.01. The van der Waals surface area contributed by atoms with Gasteiger partial charge < -0.3 is 15.9 Å². The molecule has 0 unspecified atom stereocenters. The molecule has 0 aliphatic carbocycles. The number of aromatic nitrogens is 1. The van der Waals surface area contributed by atoms with Gasteiger partial charge in [-0.15, -0.1) is 0 Å². The molecule has 5 nitrogen and oxygen atoms in total. The van der Waals surface area contributed by atoms with E-state index in [1.807, 2.05) is 23.1 Å². The van der Waals surface area contributed by atoms with Crippen LogP contribution in [-0.4, -0.2) is 68.5 Å². The molecule has 21 heavy (non-hydrogen) atoms. The Morgan fingerprint density at radius 1 is 1.19 bits per heavy atom. The van der Waals surface area contributed by atoms with E-state index < -0.39 is 0 Å². The molecule has 0 saturated heterocycles. The highest BCUT2D eigenvalue weighted by Gasteiger charge is 2.07. The number of nitrogens with two attached hydrogens (primary N) is 1. The Morgan fingerprint density at radius 2 is 2.05 bits per heavy atom. The highest BCUT2D eigenvalue weighted by molar-refractivity contribution is 6.04. The minimum Gasteiger partial charge on any atom is -0.351 e. The topological polar surface area (TPSA) is 57.4 Å². The Morgan fingerprint density at radius 3 is 2.71 bits per heavy atom. The molecule has 0 amide bonds. The summed E-state index contributed by atoms with van der Waals surface area (Å²) < 4.78 is 0. The van der Waals surface area contributed by atoms with Gasteiger partial charge in [0.1, 0.15) is 0 Å². The molecule has 0 spiro atoms. The lowest BCUT2D eigenvalue weighted by atomic mass is 10.2. The molecule has 1 rings (SSSR count). The van der Waals surface area contributed by atoms with Crippen LogP contribution in [-0.2, 0) is 6.54 Å². The van der Waals surface area contributed by atoms with E-state index >= 15 is 0 Å². The summed E-state index contributed by atoms with van der Waals surface area (Å²) in [5.41, 5.74) is 6.54. The van der Waals surface area contributed by atoms with Crippen molar-refractivity contribution in [1.29, 1.82) is 0 Å². The molecule has 1 heterocycles. The summed E-state index contributed by atoms with van der Waals surface area (Å²) in [6, 6.07) is 6.05. The van der Waals surface area contributed by atoms with Gasteiger partial charge in [0.25, 0.3) is 0 Å². The molecule has 0 aliphatic heterocycles. The average Bonchev–Trinajstić information content (AvgIpc) is 2.50. The van der Waals surface area contributed by atoms with Crippen molar-refractivity contribution in [3.05, 3.63) is 30.1 Å². The molecule has 1 aromatic rings. The van der Waals surface area contributed by atoms with Crippen LogP contribution in [0.2, 0.25) is 0 Å². The number of rotatable bonds is 12. The molecular formula is C15H28BN5. The van der Waals surface area contributed by atoms with E-state index in [0.29, 0.717) is 6.54 Å². The number of pyridine rings is 1. The Hall–Kier alpha value is -0.945. The molecule has 0 saturated carbocycles. The quantitative estimate of drug-likeness (QED) is 0.426. The van der Waals surface area contributed by atoms with Crippen LogP contribution in [0.5, 0.6) is 0 Å². The molecular weight excluding hydrogens is 261 g/mol. The predicted octanol–water partition coefficient (Wildman–Crippen LogP) is 0.227. The summed E-state index contributed by atoms with van der Waals surface area (Å²) in [6.45, 7) is 9.18. The van der Waals surface area contributed by atoms with E-state index in [1.165, 1.54) is 0 Å². The Kier molecular flexibility index (Phi) is 10.1. The van der Waals surface area contributed by atoms with E-state index in [0.717, 1.165) is 57.9 Å². The van der Waals surface area contributed by atoms with Crippen LogP contribution in [0.3, 0.4) is 0 Å². The minimum absolute atomic E-state index is 0.666. The van der Waals surface area contributed by atoms with Gasteiger partial charge in [0, 0.05) is 38.9 Å².